The lowest BCUT2D eigenvalue weighted by Gasteiger charge is -2.08. The number of amides is 1. The molecule has 0 spiro atoms. The summed E-state index contributed by atoms with van der Waals surface area (Å²) in [7, 11) is 0. The maximum atomic E-state index is 11.2. The molecule has 1 rings (SSSR count). The fraction of sp³-hybridized carbons (Fsp3) is 0.364. The van der Waals surface area contributed by atoms with Gasteiger partial charge in [-0.3, -0.25) is 4.79 Å². The molecule has 0 bridgehead atoms. The van der Waals surface area contributed by atoms with Crippen LogP contribution in [-0.4, -0.2) is 19.0 Å². The minimum atomic E-state index is 0.0402. The summed E-state index contributed by atoms with van der Waals surface area (Å²) in [6, 6.07) is 5.33. The third kappa shape index (κ3) is 3.68. The van der Waals surface area contributed by atoms with Gasteiger partial charge in [0.2, 0.25) is 5.91 Å². The van der Waals surface area contributed by atoms with Crippen LogP contribution in [0.3, 0.4) is 0 Å². The lowest BCUT2D eigenvalue weighted by molar-refractivity contribution is -0.120. The summed E-state index contributed by atoms with van der Waals surface area (Å²) >= 11 is 0. The van der Waals surface area contributed by atoms with Crippen molar-refractivity contribution in [1.29, 1.82) is 0 Å². The molecule has 6 N–H and O–H groups in total. The molecule has 0 aliphatic carbocycles. The number of benzene rings is 1. The summed E-state index contributed by atoms with van der Waals surface area (Å²) in [5.74, 6) is 0.0402. The highest BCUT2D eigenvalue weighted by molar-refractivity contribution is 5.76. The van der Waals surface area contributed by atoms with Crippen LogP contribution in [0.15, 0.2) is 18.2 Å². The smallest absolute Gasteiger partial charge is 0.221 e. The number of nitrogens with two attached hydrogens (primary N) is 2. The second kappa shape index (κ2) is 5.85. The van der Waals surface area contributed by atoms with E-state index in [0.29, 0.717) is 30.9 Å². The lowest BCUT2D eigenvalue weighted by atomic mass is 10.2. The summed E-state index contributed by atoms with van der Waals surface area (Å²) in [6.45, 7) is 3.13. The van der Waals surface area contributed by atoms with Gasteiger partial charge >= 0.3 is 0 Å². The Labute approximate surface area is 95.2 Å². The minimum absolute atomic E-state index is 0.0402. The molecular formula is C11H18N4O. The molecule has 1 amide bonds. The highest BCUT2D eigenvalue weighted by Gasteiger charge is 2.00. The Morgan fingerprint density at radius 1 is 1.31 bits per heavy atom. The molecule has 0 saturated carbocycles. The van der Waals surface area contributed by atoms with Gasteiger partial charge in [0.1, 0.15) is 0 Å². The van der Waals surface area contributed by atoms with E-state index in [1.165, 1.54) is 0 Å². The number of anilines is 3. The van der Waals surface area contributed by atoms with Crippen molar-refractivity contribution in [1.82, 2.24) is 5.32 Å². The number of carbonyl (C=O) groups is 1. The first-order valence-electron chi connectivity index (χ1n) is 5.29. The molecule has 0 saturated heterocycles. The van der Waals surface area contributed by atoms with Gasteiger partial charge in [0.05, 0.1) is 11.4 Å². The van der Waals surface area contributed by atoms with Crippen LogP contribution >= 0.6 is 0 Å². The fourth-order valence-corrected chi connectivity index (χ4v) is 1.29. The Hall–Kier alpha value is -1.91. The van der Waals surface area contributed by atoms with Gasteiger partial charge in [-0.25, -0.2) is 0 Å². The number of nitrogens with one attached hydrogen (secondary N) is 2. The number of hydrogen-bond donors (Lipinski definition) is 4. The Morgan fingerprint density at radius 2 is 2.06 bits per heavy atom. The Balaban J connectivity index is 2.37. The van der Waals surface area contributed by atoms with Crippen molar-refractivity contribution in [3.05, 3.63) is 18.2 Å². The average molecular weight is 222 g/mol. The van der Waals surface area contributed by atoms with E-state index in [2.05, 4.69) is 10.6 Å². The first-order chi connectivity index (χ1) is 7.63. The van der Waals surface area contributed by atoms with E-state index in [0.717, 1.165) is 5.69 Å². The normalized spacial score (nSPS) is 9.81. The van der Waals surface area contributed by atoms with Gasteiger partial charge < -0.3 is 22.1 Å². The minimum Gasteiger partial charge on any atom is -0.397 e. The first kappa shape index (κ1) is 12.2. The molecule has 0 heterocycles. The Kier molecular flexibility index (Phi) is 4.44. The first-order valence-corrected chi connectivity index (χ1v) is 5.29. The molecule has 16 heavy (non-hydrogen) atoms. The van der Waals surface area contributed by atoms with Crippen LogP contribution in [0.5, 0.6) is 0 Å². The number of nitrogen functional groups attached to an aromatic ring is 2. The van der Waals surface area contributed by atoms with Gasteiger partial charge in [0, 0.05) is 25.2 Å². The van der Waals surface area contributed by atoms with Crippen molar-refractivity contribution < 1.29 is 4.79 Å². The van der Waals surface area contributed by atoms with Gasteiger partial charge in [-0.2, -0.15) is 0 Å². The van der Waals surface area contributed by atoms with E-state index in [-0.39, 0.29) is 5.91 Å². The van der Waals surface area contributed by atoms with Crippen LogP contribution in [0.2, 0.25) is 0 Å². The highest BCUT2D eigenvalue weighted by atomic mass is 16.1. The number of rotatable bonds is 5. The predicted molar refractivity (Wildman–Crippen MR) is 67.1 cm³/mol. The van der Waals surface area contributed by atoms with Crippen molar-refractivity contribution in [2.75, 3.05) is 29.9 Å². The van der Waals surface area contributed by atoms with Crippen LogP contribution in [0, 0.1) is 0 Å². The molecule has 0 unspecified atom stereocenters. The zero-order valence-corrected chi connectivity index (χ0v) is 9.42. The summed E-state index contributed by atoms with van der Waals surface area (Å²) in [5.41, 5.74) is 13.2. The quantitative estimate of drug-likeness (QED) is 0.554. The number of hydrogen-bond acceptors (Lipinski definition) is 4. The zero-order valence-electron chi connectivity index (χ0n) is 9.42. The molecule has 0 atom stereocenters. The van der Waals surface area contributed by atoms with E-state index >= 15 is 0 Å². The standard InChI is InChI=1S/C11H18N4O/c1-2-14-11(16)5-6-15-8-3-4-9(12)10(13)7-8/h3-4,7,15H,2,5-6,12-13H2,1H3,(H,14,16). The molecule has 0 aromatic heterocycles. The number of carbonyl (C=O) groups excluding carboxylic acids is 1. The molecule has 5 nitrogen and oxygen atoms in total. The fourth-order valence-electron chi connectivity index (χ4n) is 1.29. The molecule has 1 aromatic rings. The van der Waals surface area contributed by atoms with Gasteiger partial charge in [-0.1, -0.05) is 0 Å². The van der Waals surface area contributed by atoms with Crippen molar-refractivity contribution in [2.45, 2.75) is 13.3 Å². The van der Waals surface area contributed by atoms with Gasteiger partial charge in [-0.15, -0.1) is 0 Å². The average Bonchev–Trinajstić information content (AvgIpc) is 2.24. The predicted octanol–water partition coefficient (Wildman–Crippen LogP) is 0.789. The van der Waals surface area contributed by atoms with Crippen LogP contribution in [-0.2, 0) is 4.79 Å². The molecule has 1 aromatic carbocycles. The summed E-state index contributed by atoms with van der Waals surface area (Å²) in [6.07, 6.45) is 0.443. The highest BCUT2D eigenvalue weighted by Crippen LogP contribution is 2.19. The lowest BCUT2D eigenvalue weighted by Crippen LogP contribution is -2.24. The largest absolute Gasteiger partial charge is 0.397 e. The van der Waals surface area contributed by atoms with Crippen molar-refractivity contribution in [2.24, 2.45) is 0 Å². The van der Waals surface area contributed by atoms with Crippen LogP contribution < -0.4 is 22.1 Å². The molecule has 0 aliphatic rings. The summed E-state index contributed by atoms with van der Waals surface area (Å²) < 4.78 is 0. The van der Waals surface area contributed by atoms with Crippen molar-refractivity contribution in [3.8, 4) is 0 Å². The molecule has 88 valence electrons. The molecule has 5 heteroatoms. The third-order valence-electron chi connectivity index (χ3n) is 2.14. The topological polar surface area (TPSA) is 93.2 Å². The van der Waals surface area contributed by atoms with Crippen molar-refractivity contribution in [3.63, 3.8) is 0 Å². The van der Waals surface area contributed by atoms with E-state index in [1.807, 2.05) is 13.0 Å². The van der Waals surface area contributed by atoms with E-state index < -0.39 is 0 Å². The Morgan fingerprint density at radius 3 is 2.69 bits per heavy atom. The van der Waals surface area contributed by atoms with E-state index in [9.17, 15) is 4.79 Å². The van der Waals surface area contributed by atoms with Gasteiger partial charge in [0.15, 0.2) is 0 Å². The second-order valence-corrected chi connectivity index (χ2v) is 3.47. The molecular weight excluding hydrogens is 204 g/mol. The van der Waals surface area contributed by atoms with Crippen LogP contribution in [0.1, 0.15) is 13.3 Å². The Bertz CT molecular complexity index is 365. The second-order valence-electron chi connectivity index (χ2n) is 3.47. The van der Waals surface area contributed by atoms with E-state index in [4.69, 9.17) is 11.5 Å². The van der Waals surface area contributed by atoms with Gasteiger partial charge in [0.25, 0.3) is 0 Å². The zero-order chi connectivity index (χ0) is 12.0. The van der Waals surface area contributed by atoms with Gasteiger partial charge in [-0.05, 0) is 25.1 Å². The maximum absolute atomic E-state index is 11.2. The third-order valence-corrected chi connectivity index (χ3v) is 2.14. The van der Waals surface area contributed by atoms with Crippen molar-refractivity contribution >= 4 is 23.0 Å². The molecule has 0 aliphatic heterocycles. The monoisotopic (exact) mass is 222 g/mol. The SMILES string of the molecule is CCNC(=O)CCNc1ccc(N)c(N)c1. The van der Waals surface area contributed by atoms with E-state index in [1.54, 1.807) is 12.1 Å². The summed E-state index contributed by atoms with van der Waals surface area (Å²) in [5, 5.41) is 5.83. The molecule has 0 fully saturated rings. The maximum Gasteiger partial charge on any atom is 0.221 e. The molecule has 0 radical (unpaired) electrons. The van der Waals surface area contributed by atoms with Crippen LogP contribution in [0.4, 0.5) is 17.1 Å². The summed E-state index contributed by atoms with van der Waals surface area (Å²) in [4.78, 5) is 11.2. The van der Waals surface area contributed by atoms with Crippen LogP contribution in [0.25, 0.3) is 0 Å².